The Balaban J connectivity index is 1.33. The minimum atomic E-state index is -3.61. The zero-order valence-electron chi connectivity index (χ0n) is 21.9. The van der Waals surface area contributed by atoms with Crippen molar-refractivity contribution >= 4 is 41.0 Å². The molecule has 2 aromatic rings. The number of amides is 3. The van der Waals surface area contributed by atoms with Gasteiger partial charge in [-0.25, -0.2) is 14.2 Å². The maximum absolute atomic E-state index is 15.0. The molecule has 3 aliphatic rings. The quantitative estimate of drug-likeness (QED) is 0.505. The van der Waals surface area contributed by atoms with Gasteiger partial charge in [-0.1, -0.05) is 12.8 Å². The standard InChI is InChI=1S/C26H30F3N7O4/c1-34-20-13-30-24(33-21(20)36(17-4-2-3-5-17)14-26(28,29)23(34)38)32-19-7-6-15(12-18(19)27)22(37)31-16-8-10-35(11-9-16)25(39)40/h6-7,12-13,16-17H,2-5,8-11,14H2,1H3,(H,31,37)(H,39,40)(H,30,32,33). The van der Waals surface area contributed by atoms with E-state index < -0.39 is 36.2 Å². The first-order valence-corrected chi connectivity index (χ1v) is 13.2. The molecule has 1 saturated carbocycles. The molecule has 214 valence electrons. The lowest BCUT2D eigenvalue weighted by molar-refractivity contribution is -0.140. The monoisotopic (exact) mass is 561 g/mol. The van der Waals surface area contributed by atoms with Crippen LogP contribution in [0.4, 0.5) is 41.1 Å². The second kappa shape index (κ2) is 10.8. The fourth-order valence-corrected chi connectivity index (χ4v) is 5.47. The van der Waals surface area contributed by atoms with Gasteiger partial charge in [0, 0.05) is 37.8 Å². The Morgan fingerprint density at radius 3 is 2.48 bits per heavy atom. The lowest BCUT2D eigenvalue weighted by Gasteiger charge is -2.31. The van der Waals surface area contributed by atoms with Gasteiger partial charge in [-0.05, 0) is 43.9 Å². The van der Waals surface area contributed by atoms with Gasteiger partial charge in [0.05, 0.1) is 18.4 Å². The Kier molecular flexibility index (Phi) is 7.43. The highest BCUT2D eigenvalue weighted by atomic mass is 19.3. The Labute approximate surface area is 228 Å². The maximum atomic E-state index is 15.0. The molecule has 3 heterocycles. The van der Waals surface area contributed by atoms with E-state index in [0.29, 0.717) is 38.8 Å². The highest BCUT2D eigenvalue weighted by molar-refractivity contribution is 6.02. The predicted octanol–water partition coefficient (Wildman–Crippen LogP) is 3.59. The summed E-state index contributed by atoms with van der Waals surface area (Å²) in [5.41, 5.74) is 0.199. The molecule has 0 spiro atoms. The van der Waals surface area contributed by atoms with E-state index in [9.17, 15) is 23.2 Å². The van der Waals surface area contributed by atoms with Crippen LogP contribution in [0.25, 0.3) is 0 Å². The first-order valence-electron chi connectivity index (χ1n) is 13.2. The van der Waals surface area contributed by atoms with Gasteiger partial charge in [-0.15, -0.1) is 0 Å². The molecule has 2 fully saturated rings. The van der Waals surface area contributed by atoms with Crippen molar-refractivity contribution in [3.05, 3.63) is 35.8 Å². The van der Waals surface area contributed by atoms with Gasteiger partial charge in [-0.2, -0.15) is 13.8 Å². The average molecular weight is 562 g/mol. The first kappa shape index (κ1) is 27.5. The van der Waals surface area contributed by atoms with E-state index in [1.54, 1.807) is 0 Å². The van der Waals surface area contributed by atoms with Crippen molar-refractivity contribution in [2.45, 2.75) is 56.5 Å². The molecule has 1 saturated heterocycles. The molecular formula is C26H30F3N7O4. The van der Waals surface area contributed by atoms with Crippen molar-refractivity contribution in [2.75, 3.05) is 41.8 Å². The number of aromatic nitrogens is 2. The van der Waals surface area contributed by atoms with Crippen LogP contribution in [0, 0.1) is 5.82 Å². The van der Waals surface area contributed by atoms with Gasteiger partial charge in [0.15, 0.2) is 5.82 Å². The summed E-state index contributed by atoms with van der Waals surface area (Å²) in [5.74, 6) is -6.07. The van der Waals surface area contributed by atoms with Crippen LogP contribution in [-0.2, 0) is 4.79 Å². The summed E-state index contributed by atoms with van der Waals surface area (Å²) in [6.45, 7) is -0.201. The van der Waals surface area contributed by atoms with Gasteiger partial charge < -0.3 is 30.4 Å². The van der Waals surface area contributed by atoms with Crippen LogP contribution < -0.4 is 20.4 Å². The van der Waals surface area contributed by atoms with Gasteiger partial charge in [0.25, 0.3) is 11.8 Å². The van der Waals surface area contributed by atoms with Crippen LogP contribution in [0.3, 0.4) is 0 Å². The van der Waals surface area contributed by atoms with Gasteiger partial charge >= 0.3 is 12.0 Å². The SMILES string of the molecule is CN1C(=O)C(F)(F)CN(C2CCCC2)c2nc(Nc3ccc(C(=O)NC4CCN(C(=O)O)CC4)cc3F)ncc21. The Bertz CT molecular complexity index is 1310. The molecule has 0 unspecified atom stereocenters. The number of carbonyl (C=O) groups is 3. The minimum Gasteiger partial charge on any atom is -0.465 e. The molecule has 40 heavy (non-hydrogen) atoms. The number of rotatable bonds is 5. The van der Waals surface area contributed by atoms with Crippen LogP contribution in [-0.4, -0.2) is 82.6 Å². The van der Waals surface area contributed by atoms with E-state index >= 15 is 4.39 Å². The van der Waals surface area contributed by atoms with Gasteiger partial charge in [0.1, 0.15) is 11.5 Å². The Morgan fingerprint density at radius 1 is 1.12 bits per heavy atom. The summed E-state index contributed by atoms with van der Waals surface area (Å²) in [6, 6.07) is 3.40. The van der Waals surface area contributed by atoms with Crippen molar-refractivity contribution in [1.29, 1.82) is 0 Å². The van der Waals surface area contributed by atoms with Crippen molar-refractivity contribution in [1.82, 2.24) is 20.2 Å². The van der Waals surface area contributed by atoms with Crippen LogP contribution in [0.5, 0.6) is 0 Å². The number of nitrogens with zero attached hydrogens (tertiary/aromatic N) is 5. The van der Waals surface area contributed by atoms with E-state index in [1.165, 1.54) is 35.2 Å². The molecule has 1 aromatic carbocycles. The summed E-state index contributed by atoms with van der Waals surface area (Å²) >= 11 is 0. The van der Waals surface area contributed by atoms with E-state index in [4.69, 9.17) is 5.11 Å². The summed E-state index contributed by atoms with van der Waals surface area (Å²) in [5, 5.41) is 14.6. The smallest absolute Gasteiger partial charge is 0.407 e. The number of halogens is 3. The number of piperidine rings is 1. The average Bonchev–Trinajstić information content (AvgIpc) is 3.45. The van der Waals surface area contributed by atoms with E-state index in [2.05, 4.69) is 20.6 Å². The highest BCUT2D eigenvalue weighted by Crippen LogP contribution is 2.39. The van der Waals surface area contributed by atoms with Gasteiger partial charge in [-0.3, -0.25) is 9.59 Å². The molecule has 0 radical (unpaired) electrons. The van der Waals surface area contributed by atoms with Crippen LogP contribution in [0.15, 0.2) is 24.4 Å². The largest absolute Gasteiger partial charge is 0.465 e. The molecule has 0 atom stereocenters. The summed E-state index contributed by atoms with van der Waals surface area (Å²) in [4.78, 5) is 48.3. The summed E-state index contributed by atoms with van der Waals surface area (Å²) in [7, 11) is 1.25. The number of anilines is 4. The topological polar surface area (TPSA) is 131 Å². The maximum Gasteiger partial charge on any atom is 0.407 e. The molecule has 3 N–H and O–H groups in total. The number of hydrogen-bond acceptors (Lipinski definition) is 7. The molecule has 1 aliphatic carbocycles. The van der Waals surface area contributed by atoms with Crippen LogP contribution in [0.2, 0.25) is 0 Å². The van der Waals surface area contributed by atoms with Crippen LogP contribution in [0.1, 0.15) is 48.9 Å². The third-order valence-corrected chi connectivity index (χ3v) is 7.71. The van der Waals surface area contributed by atoms with Crippen molar-refractivity contribution in [3.63, 3.8) is 0 Å². The van der Waals surface area contributed by atoms with Crippen molar-refractivity contribution < 1.29 is 32.7 Å². The number of carboxylic acid groups (broad SMARTS) is 1. The molecular weight excluding hydrogens is 531 g/mol. The third kappa shape index (κ3) is 5.47. The van der Waals surface area contributed by atoms with E-state index in [0.717, 1.165) is 23.8 Å². The van der Waals surface area contributed by atoms with Crippen molar-refractivity contribution in [3.8, 4) is 0 Å². The molecule has 14 heteroatoms. The fraction of sp³-hybridized carbons (Fsp3) is 0.500. The second-order valence-corrected chi connectivity index (χ2v) is 10.4. The normalized spacial score (nSPS) is 19.8. The number of fused-ring (bicyclic) bond motifs is 1. The van der Waals surface area contributed by atoms with Gasteiger partial charge in [0.2, 0.25) is 5.95 Å². The summed E-state index contributed by atoms with van der Waals surface area (Å²) in [6.07, 6.45) is 4.33. The zero-order valence-corrected chi connectivity index (χ0v) is 21.9. The number of hydrogen-bond donors (Lipinski definition) is 3. The molecule has 2 aliphatic heterocycles. The number of likely N-dealkylation sites (tertiary alicyclic amines) is 1. The third-order valence-electron chi connectivity index (χ3n) is 7.71. The highest BCUT2D eigenvalue weighted by Gasteiger charge is 2.48. The number of alkyl halides is 2. The van der Waals surface area contributed by atoms with E-state index in [-0.39, 0.29) is 40.8 Å². The molecule has 11 nitrogen and oxygen atoms in total. The van der Waals surface area contributed by atoms with Crippen LogP contribution >= 0.6 is 0 Å². The molecule has 0 bridgehead atoms. The number of benzene rings is 1. The minimum absolute atomic E-state index is 0.0259. The first-order chi connectivity index (χ1) is 19.0. The predicted molar refractivity (Wildman–Crippen MR) is 140 cm³/mol. The van der Waals surface area contributed by atoms with E-state index in [1.807, 2.05) is 0 Å². The summed E-state index contributed by atoms with van der Waals surface area (Å²) < 4.78 is 44.6. The Morgan fingerprint density at radius 2 is 1.82 bits per heavy atom. The second-order valence-electron chi connectivity index (χ2n) is 10.4. The molecule has 1 aromatic heterocycles. The van der Waals surface area contributed by atoms with Crippen molar-refractivity contribution in [2.24, 2.45) is 0 Å². The lowest BCUT2D eigenvalue weighted by Crippen LogP contribution is -2.48. The number of nitrogens with one attached hydrogen (secondary N) is 2. The fourth-order valence-electron chi connectivity index (χ4n) is 5.47. The Hall–Kier alpha value is -4.10. The zero-order chi connectivity index (χ0) is 28.6. The molecule has 5 rings (SSSR count). The number of carbonyl (C=O) groups excluding carboxylic acids is 2. The lowest BCUT2D eigenvalue weighted by atomic mass is 10.0. The molecule has 3 amide bonds.